The van der Waals surface area contributed by atoms with Gasteiger partial charge in [0, 0.05) is 25.0 Å². The van der Waals surface area contributed by atoms with Gasteiger partial charge in [-0.25, -0.2) is 9.97 Å². The molecule has 0 aliphatic carbocycles. The Morgan fingerprint density at radius 2 is 2.21 bits per heavy atom. The molecule has 0 aliphatic rings. The summed E-state index contributed by atoms with van der Waals surface area (Å²) in [5, 5.41) is 2.79. The summed E-state index contributed by atoms with van der Waals surface area (Å²) >= 11 is 0. The van der Waals surface area contributed by atoms with Crippen molar-refractivity contribution in [3.05, 3.63) is 24.3 Å². The van der Waals surface area contributed by atoms with Crippen LogP contribution in [0, 0.1) is 0 Å². The highest BCUT2D eigenvalue weighted by molar-refractivity contribution is 5.93. The molecule has 0 spiro atoms. The van der Waals surface area contributed by atoms with E-state index >= 15 is 0 Å². The van der Waals surface area contributed by atoms with E-state index < -0.39 is 0 Å². The van der Waals surface area contributed by atoms with Gasteiger partial charge in [-0.2, -0.15) is 0 Å². The number of carbonyl (C=O) groups excluding carboxylic acids is 1. The van der Waals surface area contributed by atoms with Crippen LogP contribution in [0.1, 0.15) is 23.7 Å². The maximum Gasteiger partial charge on any atom is 0.254 e. The number of aromatic nitrogens is 2. The third-order valence-corrected chi connectivity index (χ3v) is 1.94. The van der Waals surface area contributed by atoms with Gasteiger partial charge in [0.05, 0.1) is 5.56 Å². The lowest BCUT2D eigenvalue weighted by Crippen LogP contribution is -2.39. The number of hydrogen-bond donors (Lipinski definition) is 2. The van der Waals surface area contributed by atoms with Gasteiger partial charge >= 0.3 is 0 Å². The zero-order valence-electron chi connectivity index (χ0n) is 8.10. The molecule has 0 aromatic carbocycles. The zero-order valence-corrected chi connectivity index (χ0v) is 8.10. The number of nitrogens with zero attached hydrogens (tertiary/aromatic N) is 2. The highest BCUT2D eigenvalue weighted by atomic mass is 16.1. The molecule has 0 saturated carbocycles. The van der Waals surface area contributed by atoms with Crippen LogP contribution in [0.25, 0.3) is 0 Å². The van der Waals surface area contributed by atoms with Crippen molar-refractivity contribution in [2.24, 2.45) is 5.73 Å². The second-order valence-corrected chi connectivity index (χ2v) is 2.94. The lowest BCUT2D eigenvalue weighted by atomic mass is 10.2. The normalized spacial score (nSPS) is 12.1. The van der Waals surface area contributed by atoms with E-state index in [-0.39, 0.29) is 11.9 Å². The monoisotopic (exact) mass is 194 g/mol. The van der Waals surface area contributed by atoms with Crippen molar-refractivity contribution in [2.75, 3.05) is 6.54 Å². The van der Waals surface area contributed by atoms with Gasteiger partial charge in [0.25, 0.3) is 5.91 Å². The number of nitrogens with two attached hydrogens (primary N) is 1. The van der Waals surface area contributed by atoms with Gasteiger partial charge in [0.15, 0.2) is 0 Å². The molecule has 1 amide bonds. The molecule has 0 saturated heterocycles. The van der Waals surface area contributed by atoms with Crippen LogP contribution < -0.4 is 11.1 Å². The Bertz CT molecular complexity index is 284. The van der Waals surface area contributed by atoms with Gasteiger partial charge in [-0.3, -0.25) is 4.79 Å². The zero-order chi connectivity index (χ0) is 10.4. The molecule has 1 atom stereocenters. The highest BCUT2D eigenvalue weighted by Crippen LogP contribution is 1.95. The minimum absolute atomic E-state index is 0.0164. The molecule has 1 rings (SSSR count). The third kappa shape index (κ3) is 2.77. The topological polar surface area (TPSA) is 80.9 Å². The minimum Gasteiger partial charge on any atom is -0.348 e. The van der Waals surface area contributed by atoms with Crippen molar-refractivity contribution < 1.29 is 4.79 Å². The molecule has 1 aromatic heterocycles. The van der Waals surface area contributed by atoms with Crippen molar-refractivity contribution in [1.29, 1.82) is 0 Å². The van der Waals surface area contributed by atoms with Gasteiger partial charge in [0.2, 0.25) is 0 Å². The summed E-state index contributed by atoms with van der Waals surface area (Å²) in [6, 6.07) is 0.0164. The predicted octanol–water partition coefficient (Wildman–Crippen LogP) is -0.0563. The minimum atomic E-state index is -0.178. The Morgan fingerprint density at radius 3 is 2.71 bits per heavy atom. The van der Waals surface area contributed by atoms with E-state index in [9.17, 15) is 4.79 Å². The molecule has 1 aromatic rings. The number of nitrogens with one attached hydrogen (secondary N) is 1. The fourth-order valence-electron chi connectivity index (χ4n) is 1.01. The van der Waals surface area contributed by atoms with Crippen molar-refractivity contribution >= 4 is 5.91 Å². The second kappa shape index (κ2) is 5.29. The number of hydrogen-bond acceptors (Lipinski definition) is 4. The Labute approximate surface area is 82.7 Å². The second-order valence-electron chi connectivity index (χ2n) is 2.94. The number of amides is 1. The molecular formula is C9H14N4O. The average molecular weight is 194 g/mol. The van der Waals surface area contributed by atoms with Crippen molar-refractivity contribution in [2.45, 2.75) is 19.4 Å². The van der Waals surface area contributed by atoms with Crippen LogP contribution in [0.15, 0.2) is 18.7 Å². The van der Waals surface area contributed by atoms with E-state index in [4.69, 9.17) is 5.73 Å². The summed E-state index contributed by atoms with van der Waals surface area (Å²) in [5.74, 6) is -0.178. The fourth-order valence-corrected chi connectivity index (χ4v) is 1.01. The number of rotatable bonds is 4. The van der Waals surface area contributed by atoms with Crippen LogP contribution in [0.2, 0.25) is 0 Å². The molecule has 0 radical (unpaired) electrons. The molecule has 5 heteroatoms. The van der Waals surface area contributed by atoms with Gasteiger partial charge in [-0.05, 0) is 6.42 Å². The molecule has 3 N–H and O–H groups in total. The lowest BCUT2D eigenvalue weighted by molar-refractivity contribution is 0.0936. The SMILES string of the molecule is CCC(CN)NC(=O)c1cncnc1. The van der Waals surface area contributed by atoms with Crippen LogP contribution in [-0.4, -0.2) is 28.5 Å². The summed E-state index contributed by atoms with van der Waals surface area (Å²) < 4.78 is 0. The van der Waals surface area contributed by atoms with Crippen molar-refractivity contribution in [3.8, 4) is 0 Å². The molecular weight excluding hydrogens is 180 g/mol. The Morgan fingerprint density at radius 1 is 1.57 bits per heavy atom. The summed E-state index contributed by atoms with van der Waals surface area (Å²) in [7, 11) is 0. The number of carbonyl (C=O) groups is 1. The fraction of sp³-hybridized carbons (Fsp3) is 0.444. The summed E-state index contributed by atoms with van der Waals surface area (Å²) in [6.45, 7) is 2.41. The maximum absolute atomic E-state index is 11.5. The first-order valence-corrected chi connectivity index (χ1v) is 4.53. The highest BCUT2D eigenvalue weighted by Gasteiger charge is 2.10. The van der Waals surface area contributed by atoms with E-state index in [1.165, 1.54) is 18.7 Å². The smallest absolute Gasteiger partial charge is 0.254 e. The van der Waals surface area contributed by atoms with Crippen LogP contribution in [0.3, 0.4) is 0 Å². The first-order chi connectivity index (χ1) is 6.77. The molecule has 76 valence electrons. The van der Waals surface area contributed by atoms with E-state index in [2.05, 4.69) is 15.3 Å². The largest absolute Gasteiger partial charge is 0.348 e. The molecule has 1 heterocycles. The van der Waals surface area contributed by atoms with Crippen LogP contribution >= 0.6 is 0 Å². The quantitative estimate of drug-likeness (QED) is 0.703. The first kappa shape index (κ1) is 10.6. The Balaban J connectivity index is 2.59. The Hall–Kier alpha value is -1.49. The van der Waals surface area contributed by atoms with Crippen LogP contribution in [0.4, 0.5) is 0 Å². The predicted molar refractivity (Wildman–Crippen MR) is 52.6 cm³/mol. The van der Waals surface area contributed by atoms with Crippen LogP contribution in [0.5, 0.6) is 0 Å². The van der Waals surface area contributed by atoms with E-state index in [1.807, 2.05) is 6.92 Å². The maximum atomic E-state index is 11.5. The standard InChI is InChI=1S/C9H14N4O/c1-2-8(3-10)13-9(14)7-4-11-6-12-5-7/h4-6,8H,2-3,10H2,1H3,(H,13,14). The molecule has 1 unspecified atom stereocenters. The molecule has 0 fully saturated rings. The van der Waals surface area contributed by atoms with Gasteiger partial charge in [-0.15, -0.1) is 0 Å². The summed E-state index contributed by atoms with van der Waals surface area (Å²) in [6.07, 6.45) is 5.16. The van der Waals surface area contributed by atoms with E-state index in [1.54, 1.807) is 0 Å². The molecule has 5 nitrogen and oxygen atoms in total. The van der Waals surface area contributed by atoms with E-state index in [0.29, 0.717) is 12.1 Å². The van der Waals surface area contributed by atoms with Crippen molar-refractivity contribution in [1.82, 2.24) is 15.3 Å². The molecule has 0 aliphatic heterocycles. The third-order valence-electron chi connectivity index (χ3n) is 1.94. The Kier molecular flexibility index (Phi) is 4.00. The van der Waals surface area contributed by atoms with Gasteiger partial charge in [0.1, 0.15) is 6.33 Å². The van der Waals surface area contributed by atoms with Crippen LogP contribution in [-0.2, 0) is 0 Å². The molecule has 0 bridgehead atoms. The van der Waals surface area contributed by atoms with Gasteiger partial charge < -0.3 is 11.1 Å². The first-order valence-electron chi connectivity index (χ1n) is 4.53. The summed E-state index contributed by atoms with van der Waals surface area (Å²) in [5.41, 5.74) is 5.92. The van der Waals surface area contributed by atoms with E-state index in [0.717, 1.165) is 6.42 Å². The lowest BCUT2D eigenvalue weighted by Gasteiger charge is -2.13. The van der Waals surface area contributed by atoms with Gasteiger partial charge in [-0.1, -0.05) is 6.92 Å². The average Bonchev–Trinajstić information content (AvgIpc) is 2.26. The summed E-state index contributed by atoms with van der Waals surface area (Å²) in [4.78, 5) is 19.0. The van der Waals surface area contributed by atoms with Crippen molar-refractivity contribution in [3.63, 3.8) is 0 Å². The molecule has 14 heavy (non-hydrogen) atoms.